The number of carboxylic acid groups (broad SMARTS) is 1. The topological polar surface area (TPSA) is 229 Å². The number of hydrogen-bond acceptors (Lipinski definition) is 14. The van der Waals surface area contributed by atoms with Gasteiger partial charge in [-0.1, -0.05) is 124 Å². The van der Waals surface area contributed by atoms with Crippen molar-refractivity contribution in [1.82, 2.24) is 5.32 Å². The summed E-state index contributed by atoms with van der Waals surface area (Å²) in [4.78, 5) is 38.5. The minimum atomic E-state index is -2.68. The monoisotopic (exact) mass is 937 g/mol. The normalized spacial score (nSPS) is 31.9. The molecule has 14 atom stereocenters. The standard InChI is InChI=1S/C51H71NO15/c1-9-10-14-25-41-50(5,6)48(66-43(56)28-35-22-15-13-16-23-35)47(58)51(60,67-41)36(31-63-44-30-40(61-7)45(57)34(4)64-44)49(59)52-27-20-19-21-32(2)46(62-8)33(3)39-29-37(53)38(65-39)24-17-11-12-18-26-42(54)55/h9-26,33-34,36-41,44-48,53,57-58,60H,27-31H2,1-8H3,(H,52,59)(H,54,55)/b10-9-,12-11+,20-19+,24-17+,25-14+,26-18+,32-21+/t33-,34-,36+,37-,38-,39+,40-,41-,44+,45+,46+,47+,48-,51+/m0/s1. The number of carbonyl (C=O) groups excluding carboxylic acids is 2. The molecule has 1 aromatic carbocycles. The smallest absolute Gasteiger partial charge is 0.328 e. The van der Waals surface area contributed by atoms with Gasteiger partial charge in [0.1, 0.15) is 30.3 Å². The zero-order valence-electron chi connectivity index (χ0n) is 39.8. The average Bonchev–Trinajstić information content (AvgIpc) is 3.66. The summed E-state index contributed by atoms with van der Waals surface area (Å²) in [5.41, 5.74) is 0.413. The predicted octanol–water partition coefficient (Wildman–Crippen LogP) is 4.43. The van der Waals surface area contributed by atoms with Crippen molar-refractivity contribution >= 4 is 17.8 Å². The molecule has 3 aliphatic rings. The lowest BCUT2D eigenvalue weighted by molar-refractivity contribution is -0.366. The molecule has 16 heteroatoms. The molecule has 3 fully saturated rings. The van der Waals surface area contributed by atoms with Gasteiger partial charge < -0.3 is 64.0 Å². The number of allylic oxidation sites excluding steroid dienone is 9. The van der Waals surface area contributed by atoms with Crippen LogP contribution in [0.2, 0.25) is 0 Å². The molecular weight excluding hydrogens is 867 g/mol. The summed E-state index contributed by atoms with van der Waals surface area (Å²) in [7, 11) is 3.04. The highest BCUT2D eigenvalue weighted by Crippen LogP contribution is 2.46. The summed E-state index contributed by atoms with van der Waals surface area (Å²) < 4.78 is 41.9. The van der Waals surface area contributed by atoms with Crippen LogP contribution in [-0.2, 0) is 54.0 Å². The third-order valence-electron chi connectivity index (χ3n) is 12.5. The van der Waals surface area contributed by atoms with E-state index in [0.29, 0.717) is 12.0 Å². The highest BCUT2D eigenvalue weighted by molar-refractivity contribution is 5.80. The minimum Gasteiger partial charge on any atom is -0.478 e. The number of methoxy groups -OCH3 is 2. The van der Waals surface area contributed by atoms with Gasteiger partial charge in [-0.05, 0) is 31.9 Å². The van der Waals surface area contributed by atoms with Gasteiger partial charge in [-0.3, -0.25) is 9.59 Å². The minimum absolute atomic E-state index is 0.0223. The number of esters is 1. The second-order valence-corrected chi connectivity index (χ2v) is 17.7. The maximum atomic E-state index is 14.4. The molecule has 0 saturated carbocycles. The number of benzene rings is 1. The van der Waals surface area contributed by atoms with Crippen molar-refractivity contribution in [2.24, 2.45) is 17.3 Å². The number of nitrogens with one attached hydrogen (secondary N) is 1. The molecule has 3 heterocycles. The zero-order valence-corrected chi connectivity index (χ0v) is 39.8. The van der Waals surface area contributed by atoms with E-state index >= 15 is 0 Å². The van der Waals surface area contributed by atoms with Gasteiger partial charge in [0.2, 0.25) is 11.7 Å². The number of aliphatic hydroxyl groups excluding tert-OH is 3. The average molecular weight is 938 g/mol. The molecule has 1 amide bonds. The van der Waals surface area contributed by atoms with Crippen molar-refractivity contribution in [1.29, 1.82) is 0 Å². The first-order chi connectivity index (χ1) is 31.9. The van der Waals surface area contributed by atoms with Crippen molar-refractivity contribution < 1.29 is 73.1 Å². The first kappa shape index (κ1) is 55.0. The SMILES string of the molecule is C/C=C\C=C\[C@@H]1O[C@](O)([C@H](CO[C@H]2C[C@H](OC)[C@H](O)[C@H](C)O2)C(=O)NC/C=C/C=C(\C)[C@@H](OC)[C@@H](C)[C@H]2C[C@H](O)[C@H](/C=C/C=C/C=C/C(=O)O)O2)[C@H](O)[C@H](OC(=O)Cc2ccccc2)C1(C)C. The largest absolute Gasteiger partial charge is 0.478 e. The molecule has 6 N–H and O–H groups in total. The first-order valence-corrected chi connectivity index (χ1v) is 22.7. The van der Waals surface area contributed by atoms with Crippen LogP contribution in [0.3, 0.4) is 0 Å². The molecule has 3 saturated heterocycles. The van der Waals surface area contributed by atoms with Crippen LogP contribution in [0.5, 0.6) is 0 Å². The number of carbonyl (C=O) groups is 3. The number of ether oxygens (including phenoxy) is 7. The van der Waals surface area contributed by atoms with Gasteiger partial charge in [-0.15, -0.1) is 0 Å². The summed E-state index contributed by atoms with van der Waals surface area (Å²) in [6.07, 6.45) is 12.0. The number of amides is 1. The van der Waals surface area contributed by atoms with Gasteiger partial charge in [0.25, 0.3) is 0 Å². The Morgan fingerprint density at radius 2 is 1.66 bits per heavy atom. The van der Waals surface area contributed by atoms with Crippen LogP contribution in [-0.4, -0.2) is 144 Å². The molecule has 3 aliphatic heterocycles. The molecule has 0 aromatic heterocycles. The van der Waals surface area contributed by atoms with Crippen LogP contribution in [0.4, 0.5) is 0 Å². The van der Waals surface area contributed by atoms with Crippen molar-refractivity contribution in [2.75, 3.05) is 27.4 Å². The molecule has 0 spiro atoms. The lowest BCUT2D eigenvalue weighted by Gasteiger charge is -2.54. The molecule has 370 valence electrons. The maximum Gasteiger partial charge on any atom is 0.328 e. The highest BCUT2D eigenvalue weighted by Gasteiger charge is 2.63. The summed E-state index contributed by atoms with van der Waals surface area (Å²) in [6, 6.07) is 8.95. The highest BCUT2D eigenvalue weighted by atomic mass is 16.7. The van der Waals surface area contributed by atoms with Gasteiger partial charge >= 0.3 is 11.9 Å². The van der Waals surface area contributed by atoms with Crippen LogP contribution in [0.15, 0.2) is 115 Å². The molecule has 1 aromatic rings. The Kier molecular flexibility index (Phi) is 21.5. The van der Waals surface area contributed by atoms with Gasteiger partial charge in [0.05, 0.1) is 49.7 Å². The van der Waals surface area contributed by atoms with Crippen LogP contribution in [0.1, 0.15) is 59.9 Å². The molecule has 0 unspecified atom stereocenters. The van der Waals surface area contributed by atoms with Gasteiger partial charge in [-0.25, -0.2) is 4.79 Å². The van der Waals surface area contributed by atoms with Crippen molar-refractivity contribution in [3.63, 3.8) is 0 Å². The summed E-state index contributed by atoms with van der Waals surface area (Å²) in [5, 5.41) is 57.5. The zero-order chi connectivity index (χ0) is 49.3. The number of hydrogen-bond donors (Lipinski definition) is 6. The van der Waals surface area contributed by atoms with Gasteiger partial charge in [-0.2, -0.15) is 0 Å². The lowest BCUT2D eigenvalue weighted by atomic mass is 9.71. The van der Waals surface area contributed by atoms with Crippen molar-refractivity contribution in [3.8, 4) is 0 Å². The van der Waals surface area contributed by atoms with Crippen LogP contribution < -0.4 is 5.32 Å². The Morgan fingerprint density at radius 1 is 0.955 bits per heavy atom. The fourth-order valence-corrected chi connectivity index (χ4v) is 8.51. The van der Waals surface area contributed by atoms with E-state index in [1.54, 1.807) is 113 Å². The van der Waals surface area contributed by atoms with Crippen LogP contribution in [0.25, 0.3) is 0 Å². The fourth-order valence-electron chi connectivity index (χ4n) is 8.51. The maximum absolute atomic E-state index is 14.4. The van der Waals surface area contributed by atoms with E-state index in [0.717, 1.165) is 11.6 Å². The van der Waals surface area contributed by atoms with Crippen molar-refractivity contribution in [2.45, 2.75) is 134 Å². The third-order valence-corrected chi connectivity index (χ3v) is 12.5. The quantitative estimate of drug-likeness (QED) is 0.0537. The second-order valence-electron chi connectivity index (χ2n) is 17.7. The fraction of sp³-hybridized carbons (Fsp3) is 0.549. The molecule has 0 radical (unpaired) electrons. The second kappa shape index (κ2) is 26.2. The number of aliphatic carboxylic acids is 1. The van der Waals surface area contributed by atoms with E-state index in [1.165, 1.54) is 13.2 Å². The van der Waals surface area contributed by atoms with E-state index in [1.807, 2.05) is 32.9 Å². The third kappa shape index (κ3) is 15.2. The van der Waals surface area contributed by atoms with Gasteiger partial charge in [0.15, 0.2) is 6.29 Å². The van der Waals surface area contributed by atoms with E-state index in [-0.39, 0.29) is 31.4 Å². The Balaban J connectivity index is 1.54. The Bertz CT molecular complexity index is 1960. The van der Waals surface area contributed by atoms with E-state index < -0.39 is 103 Å². The van der Waals surface area contributed by atoms with Crippen molar-refractivity contribution in [3.05, 3.63) is 120 Å². The molecule has 0 bridgehead atoms. The molecule has 16 nitrogen and oxygen atoms in total. The van der Waals surface area contributed by atoms with Gasteiger partial charge in [0, 0.05) is 51.0 Å². The van der Waals surface area contributed by atoms with Crippen LogP contribution >= 0.6 is 0 Å². The summed E-state index contributed by atoms with van der Waals surface area (Å²) in [5.74, 6) is -6.91. The van der Waals surface area contributed by atoms with Crippen LogP contribution in [0, 0.1) is 17.3 Å². The van der Waals surface area contributed by atoms with E-state index in [9.17, 15) is 34.8 Å². The molecule has 0 aliphatic carbocycles. The summed E-state index contributed by atoms with van der Waals surface area (Å²) in [6.45, 7) is 10.3. The number of carboxylic acids is 1. The summed E-state index contributed by atoms with van der Waals surface area (Å²) >= 11 is 0. The Labute approximate surface area is 394 Å². The van der Waals surface area contributed by atoms with E-state index in [4.69, 9.17) is 38.3 Å². The molecular formula is C51H71NO15. The Morgan fingerprint density at radius 3 is 2.33 bits per heavy atom. The van der Waals surface area contributed by atoms with E-state index in [2.05, 4.69) is 5.32 Å². The predicted molar refractivity (Wildman–Crippen MR) is 249 cm³/mol. The first-order valence-electron chi connectivity index (χ1n) is 22.7. The Hall–Kier alpha value is -4.59. The number of rotatable bonds is 22. The molecule has 4 rings (SSSR count). The lowest BCUT2D eigenvalue weighted by Crippen LogP contribution is -2.70. The number of aliphatic hydroxyl groups is 4. The molecule has 67 heavy (non-hydrogen) atoms.